The van der Waals surface area contributed by atoms with Crippen LogP contribution in [0.15, 0.2) is 36.4 Å². The zero-order chi connectivity index (χ0) is 13.1. The first-order valence-corrected chi connectivity index (χ1v) is 6.53. The molecule has 1 heterocycles. The SMILES string of the molecule is Cc1c(Cl)cccc1-c1ccc(/C=C/C(=O)O)s1. The summed E-state index contributed by atoms with van der Waals surface area (Å²) in [5.74, 6) is -0.941. The van der Waals surface area contributed by atoms with Crippen molar-refractivity contribution in [2.45, 2.75) is 6.92 Å². The third-order valence-electron chi connectivity index (χ3n) is 2.55. The fourth-order valence-electron chi connectivity index (χ4n) is 1.61. The quantitative estimate of drug-likeness (QED) is 0.841. The van der Waals surface area contributed by atoms with Crippen LogP contribution in [0.3, 0.4) is 0 Å². The van der Waals surface area contributed by atoms with Crippen LogP contribution in [0.4, 0.5) is 0 Å². The molecule has 0 amide bonds. The molecule has 2 rings (SSSR count). The predicted molar refractivity (Wildman–Crippen MR) is 76.2 cm³/mol. The largest absolute Gasteiger partial charge is 0.478 e. The molecule has 4 heteroatoms. The molecular formula is C14H11ClO2S. The van der Waals surface area contributed by atoms with Crippen LogP contribution in [-0.4, -0.2) is 11.1 Å². The molecule has 1 aromatic heterocycles. The molecule has 1 N–H and O–H groups in total. The summed E-state index contributed by atoms with van der Waals surface area (Å²) < 4.78 is 0. The van der Waals surface area contributed by atoms with Crippen molar-refractivity contribution in [1.29, 1.82) is 0 Å². The second-order valence-electron chi connectivity index (χ2n) is 3.79. The molecule has 0 bridgehead atoms. The number of carboxylic acids is 1. The van der Waals surface area contributed by atoms with Crippen molar-refractivity contribution < 1.29 is 9.90 Å². The normalized spacial score (nSPS) is 11.0. The number of benzene rings is 1. The van der Waals surface area contributed by atoms with E-state index in [2.05, 4.69) is 0 Å². The Bertz CT molecular complexity index is 614. The third kappa shape index (κ3) is 2.81. The maximum Gasteiger partial charge on any atom is 0.328 e. The Balaban J connectivity index is 2.35. The van der Waals surface area contributed by atoms with Crippen molar-refractivity contribution in [3.63, 3.8) is 0 Å². The smallest absolute Gasteiger partial charge is 0.328 e. The molecular weight excluding hydrogens is 268 g/mol. The Kier molecular flexibility index (Phi) is 3.84. The Morgan fingerprint density at radius 1 is 1.33 bits per heavy atom. The van der Waals surface area contributed by atoms with Crippen molar-refractivity contribution in [1.82, 2.24) is 0 Å². The number of rotatable bonds is 3. The van der Waals surface area contributed by atoms with Crippen LogP contribution in [0.5, 0.6) is 0 Å². The Hall–Kier alpha value is -1.58. The first-order valence-electron chi connectivity index (χ1n) is 5.34. The van der Waals surface area contributed by atoms with Crippen molar-refractivity contribution in [2.24, 2.45) is 0 Å². The fourth-order valence-corrected chi connectivity index (χ4v) is 2.78. The molecule has 1 aromatic carbocycles. The van der Waals surface area contributed by atoms with E-state index in [-0.39, 0.29) is 0 Å². The molecule has 0 radical (unpaired) electrons. The van der Waals surface area contributed by atoms with E-state index in [1.807, 2.05) is 37.3 Å². The summed E-state index contributed by atoms with van der Waals surface area (Å²) in [6, 6.07) is 9.67. The fraction of sp³-hybridized carbons (Fsp3) is 0.0714. The van der Waals surface area contributed by atoms with Gasteiger partial charge in [-0.15, -0.1) is 11.3 Å². The summed E-state index contributed by atoms with van der Waals surface area (Å²) in [5.41, 5.74) is 2.12. The predicted octanol–water partition coefficient (Wildman–Crippen LogP) is 4.47. The highest BCUT2D eigenvalue weighted by Crippen LogP contribution is 2.33. The number of aliphatic carboxylic acids is 1. The van der Waals surface area contributed by atoms with Crippen molar-refractivity contribution in [3.8, 4) is 10.4 Å². The Morgan fingerprint density at radius 3 is 2.83 bits per heavy atom. The van der Waals surface area contributed by atoms with E-state index >= 15 is 0 Å². The number of carbonyl (C=O) groups is 1. The molecule has 92 valence electrons. The monoisotopic (exact) mass is 278 g/mol. The van der Waals surface area contributed by atoms with E-state index < -0.39 is 5.97 Å². The van der Waals surface area contributed by atoms with Gasteiger partial charge < -0.3 is 5.11 Å². The van der Waals surface area contributed by atoms with Gasteiger partial charge in [0.2, 0.25) is 0 Å². The zero-order valence-electron chi connectivity index (χ0n) is 9.68. The molecule has 0 atom stereocenters. The minimum Gasteiger partial charge on any atom is -0.478 e. The highest BCUT2D eigenvalue weighted by atomic mass is 35.5. The van der Waals surface area contributed by atoms with Crippen LogP contribution in [0, 0.1) is 6.92 Å². The lowest BCUT2D eigenvalue weighted by atomic mass is 10.1. The van der Waals surface area contributed by atoms with E-state index in [1.165, 1.54) is 0 Å². The van der Waals surface area contributed by atoms with Crippen molar-refractivity contribution in [2.75, 3.05) is 0 Å². The number of halogens is 1. The summed E-state index contributed by atoms with van der Waals surface area (Å²) in [5, 5.41) is 9.32. The lowest BCUT2D eigenvalue weighted by molar-refractivity contribution is -0.131. The van der Waals surface area contributed by atoms with E-state index in [1.54, 1.807) is 17.4 Å². The van der Waals surface area contributed by atoms with Gasteiger partial charge in [0.05, 0.1) is 0 Å². The molecule has 0 aliphatic heterocycles. The van der Waals surface area contributed by atoms with Gasteiger partial charge >= 0.3 is 5.97 Å². The Morgan fingerprint density at radius 2 is 2.11 bits per heavy atom. The van der Waals surface area contributed by atoms with Gasteiger partial charge in [0.15, 0.2) is 0 Å². The van der Waals surface area contributed by atoms with Crippen LogP contribution >= 0.6 is 22.9 Å². The Labute approximate surface area is 114 Å². The zero-order valence-corrected chi connectivity index (χ0v) is 11.3. The maximum atomic E-state index is 10.4. The van der Waals surface area contributed by atoms with Crippen LogP contribution < -0.4 is 0 Å². The number of hydrogen-bond acceptors (Lipinski definition) is 2. The molecule has 0 saturated carbocycles. The standard InChI is InChI=1S/C14H11ClO2S/c1-9-11(3-2-4-12(9)15)13-7-5-10(18-13)6-8-14(16)17/h2-8H,1H3,(H,16,17)/b8-6+. The lowest BCUT2D eigenvalue weighted by Gasteiger charge is -2.04. The van der Waals surface area contributed by atoms with Crippen molar-refractivity contribution >= 4 is 35.0 Å². The topological polar surface area (TPSA) is 37.3 Å². The van der Waals surface area contributed by atoms with E-state index in [4.69, 9.17) is 16.7 Å². The number of thiophene rings is 1. The van der Waals surface area contributed by atoms with Gasteiger partial charge in [0.1, 0.15) is 0 Å². The van der Waals surface area contributed by atoms with Gasteiger partial charge in [-0.3, -0.25) is 0 Å². The first kappa shape index (κ1) is 12.9. The molecule has 18 heavy (non-hydrogen) atoms. The summed E-state index contributed by atoms with van der Waals surface area (Å²) in [6.07, 6.45) is 2.73. The summed E-state index contributed by atoms with van der Waals surface area (Å²) >= 11 is 7.63. The first-order chi connectivity index (χ1) is 8.58. The van der Waals surface area contributed by atoms with E-state index in [0.29, 0.717) is 0 Å². The van der Waals surface area contributed by atoms with Crippen LogP contribution in [0.2, 0.25) is 5.02 Å². The van der Waals surface area contributed by atoms with Crippen LogP contribution in [0.1, 0.15) is 10.4 Å². The molecule has 0 spiro atoms. The highest BCUT2D eigenvalue weighted by molar-refractivity contribution is 7.16. The molecule has 0 unspecified atom stereocenters. The van der Waals surface area contributed by atoms with Gasteiger partial charge in [0, 0.05) is 20.9 Å². The average Bonchev–Trinajstić information content (AvgIpc) is 2.78. The summed E-state index contributed by atoms with van der Waals surface area (Å²) in [6.45, 7) is 1.98. The minimum absolute atomic E-state index is 0.739. The third-order valence-corrected chi connectivity index (χ3v) is 4.04. The van der Waals surface area contributed by atoms with Gasteiger partial charge in [-0.2, -0.15) is 0 Å². The molecule has 0 aliphatic carbocycles. The maximum absolute atomic E-state index is 10.4. The molecule has 2 aromatic rings. The molecule has 0 fully saturated rings. The van der Waals surface area contributed by atoms with Crippen LogP contribution in [-0.2, 0) is 4.79 Å². The second-order valence-corrected chi connectivity index (χ2v) is 5.31. The minimum atomic E-state index is -0.941. The van der Waals surface area contributed by atoms with Gasteiger partial charge in [0.25, 0.3) is 0 Å². The number of carboxylic acid groups (broad SMARTS) is 1. The molecule has 2 nitrogen and oxygen atoms in total. The van der Waals surface area contributed by atoms with Crippen molar-refractivity contribution in [3.05, 3.63) is 51.9 Å². The summed E-state index contributed by atoms with van der Waals surface area (Å²) in [4.78, 5) is 12.4. The number of hydrogen-bond donors (Lipinski definition) is 1. The van der Waals surface area contributed by atoms with Gasteiger partial charge in [-0.1, -0.05) is 23.7 Å². The van der Waals surface area contributed by atoms with Gasteiger partial charge in [-0.05, 0) is 42.3 Å². The van der Waals surface area contributed by atoms with E-state index in [9.17, 15) is 4.79 Å². The molecule has 0 aliphatic rings. The van der Waals surface area contributed by atoms with Gasteiger partial charge in [-0.25, -0.2) is 4.79 Å². The summed E-state index contributed by atoms with van der Waals surface area (Å²) in [7, 11) is 0. The lowest BCUT2D eigenvalue weighted by Crippen LogP contribution is -1.84. The highest BCUT2D eigenvalue weighted by Gasteiger charge is 2.06. The average molecular weight is 279 g/mol. The van der Waals surface area contributed by atoms with Crippen LogP contribution in [0.25, 0.3) is 16.5 Å². The van der Waals surface area contributed by atoms with E-state index in [0.717, 1.165) is 32.0 Å². The second kappa shape index (κ2) is 5.38. The molecule has 0 saturated heterocycles.